The van der Waals surface area contributed by atoms with Gasteiger partial charge in [-0.05, 0) is 68.0 Å². The van der Waals surface area contributed by atoms with Crippen molar-refractivity contribution in [1.29, 1.82) is 0 Å². The molecule has 2 aromatic heterocycles. The van der Waals surface area contributed by atoms with Gasteiger partial charge >= 0.3 is 6.03 Å². The van der Waals surface area contributed by atoms with E-state index in [4.69, 9.17) is 14.3 Å². The molecule has 3 amide bonds. The number of methoxy groups -OCH3 is 1. The Hall–Kier alpha value is -5.05. The van der Waals surface area contributed by atoms with E-state index in [0.29, 0.717) is 41.9 Å². The van der Waals surface area contributed by atoms with Crippen LogP contribution in [0.1, 0.15) is 61.0 Å². The number of hydrogen-bond donors (Lipinski definition) is 2. The number of piperidine rings is 1. The Morgan fingerprint density at radius 1 is 0.957 bits per heavy atom. The first-order valence-corrected chi connectivity index (χ1v) is 15.8. The Bertz CT molecular complexity index is 1860. The third-order valence-corrected chi connectivity index (χ3v) is 8.61. The van der Waals surface area contributed by atoms with Crippen molar-refractivity contribution in [2.75, 3.05) is 30.8 Å². The molecule has 46 heavy (non-hydrogen) atoms. The number of benzene rings is 3. The lowest BCUT2D eigenvalue weighted by molar-refractivity contribution is 0.0660. The minimum absolute atomic E-state index is 0.102. The fourth-order valence-corrected chi connectivity index (χ4v) is 5.92. The van der Waals surface area contributed by atoms with Crippen LogP contribution in [0.2, 0.25) is 0 Å². The maximum Gasteiger partial charge on any atom is 0.324 e. The van der Waals surface area contributed by atoms with Gasteiger partial charge in [0.15, 0.2) is 17.1 Å². The van der Waals surface area contributed by atoms with Crippen molar-refractivity contribution < 1.29 is 18.7 Å². The standard InChI is InChI=1S/C37H41N5O4/c1-24-13-15-28(16-14-24)42-33(23-32(40-42)37(2,3)4)39-36(44)38-29-11-7-6-9-26(29)21-25-17-19-41(20-18-25)35(43)31-22-27-10-8-12-30(45-5)34(27)46-31/h6-16,22-23,25H,17-21H2,1-5H3,(H2,38,39,44). The number of para-hydroxylation sites is 2. The van der Waals surface area contributed by atoms with E-state index in [1.807, 2.05) is 78.6 Å². The van der Waals surface area contributed by atoms with Gasteiger partial charge in [-0.1, -0.05) is 68.8 Å². The zero-order valence-electron chi connectivity index (χ0n) is 27.1. The van der Waals surface area contributed by atoms with E-state index in [1.165, 1.54) is 0 Å². The van der Waals surface area contributed by atoms with Gasteiger partial charge in [0.05, 0.1) is 18.5 Å². The summed E-state index contributed by atoms with van der Waals surface area (Å²) in [6.45, 7) is 9.64. The second-order valence-corrected chi connectivity index (χ2v) is 13.1. The third kappa shape index (κ3) is 6.63. The molecule has 9 nitrogen and oxygen atoms in total. The lowest BCUT2D eigenvalue weighted by Crippen LogP contribution is -2.38. The Morgan fingerprint density at radius 3 is 2.41 bits per heavy atom. The lowest BCUT2D eigenvalue weighted by Gasteiger charge is -2.31. The number of ether oxygens (including phenoxy) is 1. The number of likely N-dealkylation sites (tertiary alicyclic amines) is 1. The zero-order valence-corrected chi connectivity index (χ0v) is 27.1. The first kappa shape index (κ1) is 31.0. The largest absolute Gasteiger partial charge is 0.493 e. The molecule has 0 unspecified atom stereocenters. The average Bonchev–Trinajstić information content (AvgIpc) is 3.67. The topological polar surface area (TPSA) is 102 Å². The van der Waals surface area contributed by atoms with E-state index in [2.05, 4.69) is 37.5 Å². The smallest absolute Gasteiger partial charge is 0.324 e. The van der Waals surface area contributed by atoms with Crippen LogP contribution in [0.5, 0.6) is 5.75 Å². The number of aryl methyl sites for hydroxylation is 1. The highest BCUT2D eigenvalue weighted by molar-refractivity contribution is 6.00. The molecule has 0 spiro atoms. The van der Waals surface area contributed by atoms with Crippen molar-refractivity contribution in [3.63, 3.8) is 0 Å². The van der Waals surface area contributed by atoms with Crippen LogP contribution in [0.3, 0.4) is 0 Å². The summed E-state index contributed by atoms with van der Waals surface area (Å²) in [4.78, 5) is 28.5. The first-order chi connectivity index (χ1) is 22.1. The van der Waals surface area contributed by atoms with Crippen molar-refractivity contribution in [2.24, 2.45) is 5.92 Å². The van der Waals surface area contributed by atoms with Gasteiger partial charge in [-0.15, -0.1) is 0 Å². The van der Waals surface area contributed by atoms with Crippen LogP contribution in [0.25, 0.3) is 16.7 Å². The summed E-state index contributed by atoms with van der Waals surface area (Å²) in [6, 6.07) is 25.0. The predicted molar refractivity (Wildman–Crippen MR) is 181 cm³/mol. The van der Waals surface area contributed by atoms with Gasteiger partial charge in [0.1, 0.15) is 5.82 Å². The van der Waals surface area contributed by atoms with Crippen LogP contribution in [-0.4, -0.2) is 46.8 Å². The molecule has 0 bridgehead atoms. The summed E-state index contributed by atoms with van der Waals surface area (Å²) >= 11 is 0. The highest BCUT2D eigenvalue weighted by Crippen LogP contribution is 2.31. The summed E-state index contributed by atoms with van der Waals surface area (Å²) in [5, 5.41) is 11.8. The summed E-state index contributed by atoms with van der Waals surface area (Å²) in [6.07, 6.45) is 2.53. The van der Waals surface area contributed by atoms with Crippen molar-refractivity contribution in [1.82, 2.24) is 14.7 Å². The molecular weight excluding hydrogens is 578 g/mol. The molecule has 238 valence electrons. The van der Waals surface area contributed by atoms with Crippen LogP contribution in [0.4, 0.5) is 16.3 Å². The molecule has 1 saturated heterocycles. The van der Waals surface area contributed by atoms with Gasteiger partial charge in [0.25, 0.3) is 5.91 Å². The predicted octanol–water partition coefficient (Wildman–Crippen LogP) is 7.97. The van der Waals surface area contributed by atoms with E-state index < -0.39 is 0 Å². The number of rotatable bonds is 7. The monoisotopic (exact) mass is 619 g/mol. The number of urea groups is 1. The summed E-state index contributed by atoms with van der Waals surface area (Å²) < 4.78 is 13.1. The van der Waals surface area contributed by atoms with E-state index in [0.717, 1.165) is 52.8 Å². The number of hydrogen-bond acceptors (Lipinski definition) is 5. The average molecular weight is 620 g/mol. The number of nitrogens with zero attached hydrogens (tertiary/aromatic N) is 3. The van der Waals surface area contributed by atoms with Crippen LogP contribution < -0.4 is 15.4 Å². The fourth-order valence-electron chi connectivity index (χ4n) is 5.92. The number of carbonyl (C=O) groups is 2. The molecule has 0 radical (unpaired) electrons. The van der Waals surface area contributed by atoms with E-state index in [-0.39, 0.29) is 17.4 Å². The highest BCUT2D eigenvalue weighted by Gasteiger charge is 2.27. The van der Waals surface area contributed by atoms with Crippen LogP contribution in [-0.2, 0) is 11.8 Å². The van der Waals surface area contributed by atoms with Gasteiger partial charge in [0.2, 0.25) is 0 Å². The maximum absolute atomic E-state index is 13.4. The lowest BCUT2D eigenvalue weighted by atomic mass is 9.89. The summed E-state index contributed by atoms with van der Waals surface area (Å²) in [5.74, 6) is 1.82. The normalized spacial score (nSPS) is 14.0. The van der Waals surface area contributed by atoms with E-state index >= 15 is 0 Å². The molecule has 3 heterocycles. The molecule has 2 N–H and O–H groups in total. The van der Waals surface area contributed by atoms with Gasteiger partial charge in [0, 0.05) is 35.6 Å². The van der Waals surface area contributed by atoms with Gasteiger partial charge in [-0.25, -0.2) is 9.48 Å². The second-order valence-electron chi connectivity index (χ2n) is 13.1. The molecule has 0 atom stereocenters. The number of aromatic nitrogens is 2. The van der Waals surface area contributed by atoms with Crippen LogP contribution in [0, 0.1) is 12.8 Å². The van der Waals surface area contributed by atoms with Gasteiger partial charge in [-0.2, -0.15) is 5.10 Å². The number of carbonyl (C=O) groups excluding carboxylic acids is 2. The molecule has 1 fully saturated rings. The molecule has 0 saturated carbocycles. The molecule has 5 aromatic rings. The summed E-state index contributed by atoms with van der Waals surface area (Å²) in [7, 11) is 1.59. The molecule has 3 aromatic carbocycles. The van der Waals surface area contributed by atoms with Crippen LogP contribution in [0.15, 0.2) is 83.3 Å². The Morgan fingerprint density at radius 2 is 1.70 bits per heavy atom. The number of anilines is 2. The molecule has 1 aliphatic rings. The number of amides is 3. The Labute approximate surface area is 269 Å². The van der Waals surface area contributed by atoms with Crippen molar-refractivity contribution in [2.45, 2.75) is 52.4 Å². The summed E-state index contributed by atoms with van der Waals surface area (Å²) in [5.41, 5.74) is 5.15. The maximum atomic E-state index is 13.4. The quantitative estimate of drug-likeness (QED) is 0.192. The van der Waals surface area contributed by atoms with Crippen molar-refractivity contribution in [3.05, 3.63) is 101 Å². The SMILES string of the molecule is COc1cccc2cc(C(=O)N3CCC(Cc4ccccc4NC(=O)Nc4cc(C(C)(C)C)nn4-c4ccc(C)cc4)CC3)oc12. The number of fused-ring (bicyclic) bond motifs is 1. The van der Waals surface area contributed by atoms with Crippen molar-refractivity contribution in [3.8, 4) is 11.4 Å². The molecule has 1 aliphatic heterocycles. The highest BCUT2D eigenvalue weighted by atomic mass is 16.5. The van der Waals surface area contributed by atoms with Gasteiger partial charge < -0.3 is 19.4 Å². The molecule has 0 aliphatic carbocycles. The van der Waals surface area contributed by atoms with Crippen LogP contribution >= 0.6 is 0 Å². The minimum atomic E-state index is -0.330. The van der Waals surface area contributed by atoms with Crippen molar-refractivity contribution >= 4 is 34.4 Å². The van der Waals surface area contributed by atoms with E-state index in [1.54, 1.807) is 17.9 Å². The number of furan rings is 1. The second kappa shape index (κ2) is 12.7. The Kier molecular flexibility index (Phi) is 8.58. The van der Waals surface area contributed by atoms with Gasteiger partial charge in [-0.3, -0.25) is 10.1 Å². The number of nitrogens with one attached hydrogen (secondary N) is 2. The molecular formula is C37H41N5O4. The minimum Gasteiger partial charge on any atom is -0.493 e. The first-order valence-electron chi connectivity index (χ1n) is 15.8. The molecule has 9 heteroatoms. The fraction of sp³-hybridized carbons (Fsp3) is 0.324. The third-order valence-electron chi connectivity index (χ3n) is 8.61. The van der Waals surface area contributed by atoms with E-state index in [9.17, 15) is 9.59 Å². The zero-order chi connectivity index (χ0) is 32.4. The molecule has 6 rings (SSSR count). The Balaban J connectivity index is 1.10.